The molecule has 0 radical (unpaired) electrons. The molecular formula is C30H34N6O2. The molecule has 5 rings (SSSR count). The second-order valence-corrected chi connectivity index (χ2v) is 10.4. The van der Waals surface area contributed by atoms with E-state index >= 15 is 0 Å². The zero-order valence-corrected chi connectivity index (χ0v) is 22.4. The summed E-state index contributed by atoms with van der Waals surface area (Å²) in [6, 6.07) is 15.2. The van der Waals surface area contributed by atoms with Crippen molar-refractivity contribution in [2.75, 3.05) is 23.3 Å². The topological polar surface area (TPSA) is 92.3 Å². The Labute approximate surface area is 223 Å². The van der Waals surface area contributed by atoms with E-state index < -0.39 is 0 Å². The second kappa shape index (κ2) is 10.7. The van der Waals surface area contributed by atoms with Crippen LogP contribution < -0.4 is 20.3 Å². The highest BCUT2D eigenvalue weighted by Crippen LogP contribution is 2.31. The minimum atomic E-state index is -0.246. The number of pyridine rings is 1. The number of fused-ring (bicyclic) bond motifs is 1. The van der Waals surface area contributed by atoms with E-state index in [9.17, 15) is 4.79 Å². The van der Waals surface area contributed by atoms with Crippen LogP contribution in [-0.2, 0) is 0 Å². The van der Waals surface area contributed by atoms with Crippen LogP contribution in [0.2, 0.25) is 0 Å². The number of hydrogen-bond acceptors (Lipinski definition) is 7. The van der Waals surface area contributed by atoms with Crippen LogP contribution in [0.3, 0.4) is 0 Å². The van der Waals surface area contributed by atoms with Gasteiger partial charge in [-0.25, -0.2) is 15.0 Å². The maximum atomic E-state index is 12.5. The minimum Gasteiger partial charge on any atom is -0.457 e. The second-order valence-electron chi connectivity index (χ2n) is 10.4. The number of carbonyl (C=O) groups excluding carboxylic acids is 1. The number of amides is 1. The van der Waals surface area contributed by atoms with Gasteiger partial charge in [-0.3, -0.25) is 4.79 Å². The number of hydrogen-bond donors (Lipinski definition) is 2. The van der Waals surface area contributed by atoms with Crippen LogP contribution in [0.5, 0.6) is 11.5 Å². The van der Waals surface area contributed by atoms with Crippen molar-refractivity contribution in [1.82, 2.24) is 20.3 Å². The van der Waals surface area contributed by atoms with Crippen LogP contribution in [0.25, 0.3) is 10.9 Å². The fourth-order valence-electron chi connectivity index (χ4n) is 4.41. The van der Waals surface area contributed by atoms with Gasteiger partial charge in [-0.15, -0.1) is 0 Å². The molecular weight excluding hydrogens is 476 g/mol. The van der Waals surface area contributed by atoms with Crippen molar-refractivity contribution in [3.05, 3.63) is 72.2 Å². The molecule has 8 nitrogen and oxygen atoms in total. The maximum absolute atomic E-state index is 12.5. The summed E-state index contributed by atoms with van der Waals surface area (Å²) in [5.41, 5.74) is 3.04. The van der Waals surface area contributed by atoms with E-state index in [2.05, 4.69) is 43.5 Å². The smallest absolute Gasteiger partial charge is 0.251 e. The molecule has 8 heteroatoms. The lowest BCUT2D eigenvalue weighted by Crippen LogP contribution is -2.42. The summed E-state index contributed by atoms with van der Waals surface area (Å²) in [4.78, 5) is 28.3. The van der Waals surface area contributed by atoms with E-state index in [1.165, 1.54) is 12.8 Å². The zero-order valence-electron chi connectivity index (χ0n) is 22.4. The summed E-state index contributed by atoms with van der Waals surface area (Å²) in [5.74, 6) is 3.03. The largest absolute Gasteiger partial charge is 0.457 e. The molecule has 0 unspecified atom stereocenters. The first-order valence-electron chi connectivity index (χ1n) is 13.1. The van der Waals surface area contributed by atoms with Crippen LogP contribution in [-0.4, -0.2) is 39.5 Å². The quantitative estimate of drug-likeness (QED) is 0.284. The van der Waals surface area contributed by atoms with Crippen LogP contribution >= 0.6 is 0 Å². The normalized spacial score (nSPS) is 13.5. The van der Waals surface area contributed by atoms with Crippen molar-refractivity contribution in [1.29, 1.82) is 0 Å². The van der Waals surface area contributed by atoms with Gasteiger partial charge in [0.15, 0.2) is 0 Å². The predicted molar refractivity (Wildman–Crippen MR) is 152 cm³/mol. The first kappa shape index (κ1) is 25.4. The predicted octanol–water partition coefficient (Wildman–Crippen LogP) is 6.39. The Bertz CT molecular complexity index is 1450. The summed E-state index contributed by atoms with van der Waals surface area (Å²) in [6.45, 7) is 10.1. The summed E-state index contributed by atoms with van der Waals surface area (Å²) < 4.78 is 6.12. The molecule has 1 saturated heterocycles. The van der Waals surface area contributed by atoms with Gasteiger partial charge < -0.3 is 20.3 Å². The van der Waals surface area contributed by atoms with Gasteiger partial charge in [0.05, 0.1) is 11.7 Å². The zero-order chi connectivity index (χ0) is 26.7. The van der Waals surface area contributed by atoms with Gasteiger partial charge in [0.1, 0.15) is 29.5 Å². The van der Waals surface area contributed by atoms with Crippen molar-refractivity contribution >= 4 is 34.1 Å². The minimum absolute atomic E-state index is 0.0874. The van der Waals surface area contributed by atoms with Crippen molar-refractivity contribution in [2.24, 2.45) is 0 Å². The Kier molecular flexibility index (Phi) is 7.13. The molecule has 1 amide bonds. The maximum Gasteiger partial charge on any atom is 0.251 e. The number of ether oxygens (including phenoxy) is 1. The lowest BCUT2D eigenvalue weighted by Gasteiger charge is -2.24. The van der Waals surface area contributed by atoms with Gasteiger partial charge >= 0.3 is 0 Å². The highest BCUT2D eigenvalue weighted by atomic mass is 16.5. The molecule has 38 heavy (non-hydrogen) atoms. The number of benzene rings is 2. The van der Waals surface area contributed by atoms with Gasteiger partial charge in [0.2, 0.25) is 0 Å². The van der Waals surface area contributed by atoms with Gasteiger partial charge in [0, 0.05) is 35.3 Å². The Morgan fingerprint density at radius 3 is 2.50 bits per heavy atom. The fraction of sp³-hybridized carbons (Fsp3) is 0.333. The van der Waals surface area contributed by atoms with E-state index in [0.29, 0.717) is 11.3 Å². The average molecular weight is 511 g/mol. The highest BCUT2D eigenvalue weighted by molar-refractivity contribution is 5.95. The molecule has 0 bridgehead atoms. The molecule has 0 saturated carbocycles. The molecule has 1 aliphatic heterocycles. The van der Waals surface area contributed by atoms with Crippen molar-refractivity contribution in [3.63, 3.8) is 0 Å². The van der Waals surface area contributed by atoms with Crippen molar-refractivity contribution < 1.29 is 9.53 Å². The molecule has 2 aromatic carbocycles. The Morgan fingerprint density at radius 1 is 1.03 bits per heavy atom. The number of nitrogens with zero attached hydrogens (tertiary/aromatic N) is 4. The van der Waals surface area contributed by atoms with Gasteiger partial charge in [0.25, 0.3) is 5.91 Å². The van der Waals surface area contributed by atoms with Gasteiger partial charge in [-0.05, 0) is 94.1 Å². The molecule has 1 fully saturated rings. The third-order valence-electron chi connectivity index (χ3n) is 7.06. The highest BCUT2D eigenvalue weighted by Gasteiger charge is 2.19. The Morgan fingerprint density at radius 2 is 1.79 bits per heavy atom. The number of aryl methyl sites for hydroxylation is 1. The molecule has 2 N–H and O–H groups in total. The third-order valence-corrected chi connectivity index (χ3v) is 7.06. The number of rotatable bonds is 8. The molecule has 4 aromatic rings. The summed E-state index contributed by atoms with van der Waals surface area (Å²) in [5, 5.41) is 7.43. The molecule has 2 aromatic heterocycles. The molecule has 0 atom stereocenters. The average Bonchev–Trinajstić information content (AvgIpc) is 3.46. The van der Waals surface area contributed by atoms with Crippen molar-refractivity contribution in [2.45, 2.75) is 52.5 Å². The van der Waals surface area contributed by atoms with Crippen LogP contribution in [0.4, 0.5) is 17.3 Å². The summed E-state index contributed by atoms with van der Waals surface area (Å²) in [7, 11) is 0. The van der Waals surface area contributed by atoms with E-state index in [1.54, 1.807) is 18.5 Å². The first-order chi connectivity index (χ1) is 18.3. The van der Waals surface area contributed by atoms with E-state index in [1.807, 2.05) is 57.3 Å². The van der Waals surface area contributed by atoms with Crippen LogP contribution in [0.1, 0.15) is 56.0 Å². The standard InChI is InChI=1S/C30H34N6O2/c1-5-30(3,4)35-29(37)21-8-11-23(12-9-21)38-26-13-10-22(16-20(26)2)34-28-24-17-27(36-14-6-7-15-36)31-18-25(24)32-19-33-28/h8-13,16-19H,5-7,14-15H2,1-4H3,(H,35,37)(H,32,33,34). The van der Waals surface area contributed by atoms with Crippen molar-refractivity contribution in [3.8, 4) is 11.5 Å². The van der Waals surface area contributed by atoms with Gasteiger partial charge in [-0.1, -0.05) is 6.92 Å². The fourth-order valence-corrected chi connectivity index (χ4v) is 4.41. The Balaban J connectivity index is 1.29. The lowest BCUT2D eigenvalue weighted by molar-refractivity contribution is 0.0911. The summed E-state index contributed by atoms with van der Waals surface area (Å²) >= 11 is 0. The monoisotopic (exact) mass is 510 g/mol. The number of nitrogens with one attached hydrogen (secondary N) is 2. The number of anilines is 3. The SMILES string of the molecule is CCC(C)(C)NC(=O)c1ccc(Oc2ccc(Nc3ncnc4cnc(N5CCCC5)cc34)cc2C)cc1. The molecule has 1 aliphatic rings. The molecule has 3 heterocycles. The lowest BCUT2D eigenvalue weighted by atomic mass is 10.0. The number of aromatic nitrogens is 3. The molecule has 0 spiro atoms. The molecule has 196 valence electrons. The van der Waals surface area contributed by atoms with E-state index in [4.69, 9.17) is 4.74 Å². The molecule has 0 aliphatic carbocycles. The van der Waals surface area contributed by atoms with Gasteiger partial charge in [-0.2, -0.15) is 0 Å². The third kappa shape index (κ3) is 5.69. The first-order valence-corrected chi connectivity index (χ1v) is 13.1. The van der Waals surface area contributed by atoms with E-state index in [-0.39, 0.29) is 11.4 Å². The van der Waals surface area contributed by atoms with Crippen LogP contribution in [0, 0.1) is 6.92 Å². The summed E-state index contributed by atoms with van der Waals surface area (Å²) in [6.07, 6.45) is 6.62. The van der Waals surface area contributed by atoms with E-state index in [0.717, 1.165) is 59.0 Å². The Hall–Kier alpha value is -4.20. The number of carbonyl (C=O) groups is 1. The van der Waals surface area contributed by atoms with Crippen LogP contribution in [0.15, 0.2) is 61.1 Å².